The van der Waals surface area contributed by atoms with Crippen molar-refractivity contribution in [2.75, 3.05) is 32.7 Å². The van der Waals surface area contributed by atoms with E-state index in [0.29, 0.717) is 12.8 Å². The Kier molecular flexibility index (Phi) is 6.28. The summed E-state index contributed by atoms with van der Waals surface area (Å²) < 4.78 is 7.40. The van der Waals surface area contributed by atoms with Crippen LogP contribution in [-0.4, -0.2) is 63.1 Å². The lowest BCUT2D eigenvalue weighted by Crippen LogP contribution is -2.49. The van der Waals surface area contributed by atoms with Crippen molar-refractivity contribution in [3.8, 4) is 11.4 Å². The van der Waals surface area contributed by atoms with Gasteiger partial charge >= 0.3 is 0 Å². The summed E-state index contributed by atoms with van der Waals surface area (Å²) in [6.45, 7) is 9.08. The van der Waals surface area contributed by atoms with Crippen LogP contribution in [0.5, 0.6) is 0 Å². The molecule has 0 N–H and O–H groups in total. The molecule has 0 aliphatic carbocycles. The summed E-state index contributed by atoms with van der Waals surface area (Å²) in [5.74, 6) is 2.04. The average molecular weight is 408 g/mol. The third kappa shape index (κ3) is 4.62. The van der Waals surface area contributed by atoms with Gasteiger partial charge in [0.2, 0.25) is 5.91 Å². The van der Waals surface area contributed by atoms with Crippen molar-refractivity contribution < 1.29 is 9.32 Å². The molecule has 0 radical (unpaired) electrons. The molecule has 0 saturated carbocycles. The first-order chi connectivity index (χ1) is 14.6. The van der Waals surface area contributed by atoms with E-state index in [1.54, 1.807) is 0 Å². The van der Waals surface area contributed by atoms with Gasteiger partial charge in [-0.1, -0.05) is 35.5 Å². The van der Waals surface area contributed by atoms with Crippen molar-refractivity contribution in [2.45, 2.75) is 33.2 Å². The molecule has 1 aromatic carbocycles. The number of imidazole rings is 1. The summed E-state index contributed by atoms with van der Waals surface area (Å²) >= 11 is 0. The van der Waals surface area contributed by atoms with Crippen LogP contribution in [0, 0.1) is 13.8 Å². The van der Waals surface area contributed by atoms with Crippen LogP contribution in [0.4, 0.5) is 0 Å². The van der Waals surface area contributed by atoms with Gasteiger partial charge in [-0.2, -0.15) is 0 Å². The lowest BCUT2D eigenvalue weighted by Gasteiger charge is -2.35. The van der Waals surface area contributed by atoms with Gasteiger partial charge in [0.25, 0.3) is 0 Å². The minimum atomic E-state index is 0.218. The number of carbonyl (C=O) groups is 1. The lowest BCUT2D eigenvalue weighted by atomic mass is 10.1. The summed E-state index contributed by atoms with van der Waals surface area (Å²) in [4.78, 5) is 21.5. The van der Waals surface area contributed by atoms with Crippen molar-refractivity contribution in [3.63, 3.8) is 0 Å². The Morgan fingerprint density at radius 2 is 1.83 bits per heavy atom. The van der Waals surface area contributed by atoms with E-state index in [4.69, 9.17) is 4.52 Å². The predicted molar refractivity (Wildman–Crippen MR) is 115 cm³/mol. The molecular weight excluding hydrogens is 378 g/mol. The van der Waals surface area contributed by atoms with Gasteiger partial charge in [0.1, 0.15) is 11.6 Å². The highest BCUT2D eigenvalue weighted by Crippen LogP contribution is 2.17. The first kappa shape index (κ1) is 20.3. The molecule has 7 nitrogen and oxygen atoms in total. The number of nitrogens with zero attached hydrogens (tertiary/aromatic N) is 5. The van der Waals surface area contributed by atoms with Crippen molar-refractivity contribution in [1.82, 2.24) is 24.5 Å². The summed E-state index contributed by atoms with van der Waals surface area (Å²) in [6, 6.07) is 10.3. The summed E-state index contributed by atoms with van der Waals surface area (Å²) in [5, 5.41) is 3.97. The molecule has 158 valence electrons. The van der Waals surface area contributed by atoms with E-state index in [2.05, 4.69) is 31.7 Å². The molecule has 1 fully saturated rings. The number of hydrogen-bond donors (Lipinski definition) is 0. The van der Waals surface area contributed by atoms with E-state index >= 15 is 0 Å². The van der Waals surface area contributed by atoms with Gasteiger partial charge in [0, 0.05) is 69.2 Å². The molecule has 0 unspecified atom stereocenters. The molecule has 7 heteroatoms. The zero-order valence-corrected chi connectivity index (χ0v) is 17.8. The molecular formula is C23H29N5O2. The molecule has 30 heavy (non-hydrogen) atoms. The second-order valence-electron chi connectivity index (χ2n) is 7.84. The van der Waals surface area contributed by atoms with Crippen LogP contribution >= 0.6 is 0 Å². The van der Waals surface area contributed by atoms with Gasteiger partial charge in [-0.25, -0.2) is 4.98 Å². The van der Waals surface area contributed by atoms with Crippen LogP contribution in [0.3, 0.4) is 0 Å². The van der Waals surface area contributed by atoms with Gasteiger partial charge in [-0.15, -0.1) is 0 Å². The Morgan fingerprint density at radius 1 is 1.07 bits per heavy atom. The van der Waals surface area contributed by atoms with E-state index < -0.39 is 0 Å². The number of hydrogen-bond acceptors (Lipinski definition) is 5. The maximum absolute atomic E-state index is 12.6. The smallest absolute Gasteiger partial charge is 0.222 e. The summed E-state index contributed by atoms with van der Waals surface area (Å²) in [5.41, 5.74) is 3.09. The van der Waals surface area contributed by atoms with Crippen molar-refractivity contribution in [1.29, 1.82) is 0 Å². The minimum Gasteiger partial charge on any atom is -0.361 e. The van der Waals surface area contributed by atoms with E-state index in [1.165, 1.54) is 0 Å². The Bertz CT molecular complexity index is 951. The van der Waals surface area contributed by atoms with E-state index in [-0.39, 0.29) is 5.91 Å². The highest BCUT2D eigenvalue weighted by Gasteiger charge is 2.22. The monoisotopic (exact) mass is 407 g/mol. The molecule has 0 atom stereocenters. The Labute approximate surface area is 177 Å². The third-order valence-corrected chi connectivity index (χ3v) is 5.90. The largest absolute Gasteiger partial charge is 0.361 e. The number of carbonyl (C=O) groups excluding carboxylic acids is 1. The first-order valence-electron chi connectivity index (χ1n) is 10.6. The highest BCUT2D eigenvalue weighted by molar-refractivity contribution is 5.76. The standard InChI is InChI=1S/C23H29N5O2/c1-18-21(19(2)30-25-18)8-9-22(29)27-15-12-26(13-16-27)14-17-28-11-10-24-23(28)20-6-4-3-5-7-20/h3-7,10-11H,8-9,12-17H2,1-2H3. The molecule has 3 aromatic rings. The van der Waals surface area contributed by atoms with E-state index in [1.807, 2.05) is 49.3 Å². The number of piperazine rings is 1. The number of aromatic nitrogens is 3. The molecule has 3 heterocycles. The van der Waals surface area contributed by atoms with E-state index in [0.717, 1.165) is 67.7 Å². The van der Waals surface area contributed by atoms with Crippen LogP contribution in [-0.2, 0) is 17.8 Å². The molecule has 1 aliphatic heterocycles. The van der Waals surface area contributed by atoms with Crippen molar-refractivity contribution in [2.24, 2.45) is 0 Å². The summed E-state index contributed by atoms with van der Waals surface area (Å²) in [6.07, 6.45) is 5.11. The second kappa shape index (κ2) is 9.26. The quantitative estimate of drug-likeness (QED) is 0.602. The minimum absolute atomic E-state index is 0.218. The molecule has 1 aliphatic rings. The van der Waals surface area contributed by atoms with Crippen LogP contribution in [0.1, 0.15) is 23.4 Å². The number of aryl methyl sites for hydroxylation is 2. The maximum Gasteiger partial charge on any atom is 0.222 e. The Balaban J connectivity index is 1.24. The fraction of sp³-hybridized carbons (Fsp3) is 0.435. The topological polar surface area (TPSA) is 67.4 Å². The van der Waals surface area contributed by atoms with Crippen LogP contribution < -0.4 is 0 Å². The van der Waals surface area contributed by atoms with Gasteiger partial charge in [0.15, 0.2) is 0 Å². The zero-order chi connectivity index (χ0) is 20.9. The molecule has 0 spiro atoms. The Hall–Kier alpha value is -2.93. The van der Waals surface area contributed by atoms with E-state index in [9.17, 15) is 4.79 Å². The lowest BCUT2D eigenvalue weighted by molar-refractivity contribution is -0.132. The van der Waals surface area contributed by atoms with Gasteiger partial charge in [0.05, 0.1) is 5.69 Å². The van der Waals surface area contributed by atoms with Crippen molar-refractivity contribution >= 4 is 5.91 Å². The SMILES string of the molecule is Cc1noc(C)c1CCC(=O)N1CCN(CCn2ccnc2-c2ccccc2)CC1. The second-order valence-corrected chi connectivity index (χ2v) is 7.84. The number of benzene rings is 1. The molecule has 4 rings (SSSR count). The molecule has 1 saturated heterocycles. The molecule has 1 amide bonds. The molecule has 0 bridgehead atoms. The Morgan fingerprint density at radius 3 is 2.53 bits per heavy atom. The maximum atomic E-state index is 12.6. The number of rotatable bonds is 7. The zero-order valence-electron chi connectivity index (χ0n) is 17.8. The highest BCUT2D eigenvalue weighted by atomic mass is 16.5. The van der Waals surface area contributed by atoms with Gasteiger partial charge in [-0.3, -0.25) is 9.69 Å². The average Bonchev–Trinajstić information content (AvgIpc) is 3.38. The van der Waals surface area contributed by atoms with Crippen molar-refractivity contribution in [3.05, 3.63) is 59.7 Å². The van der Waals surface area contributed by atoms with Crippen LogP contribution in [0.2, 0.25) is 0 Å². The predicted octanol–water partition coefficient (Wildman–Crippen LogP) is 2.93. The normalized spacial score (nSPS) is 14.9. The van der Waals surface area contributed by atoms with Gasteiger partial charge < -0.3 is 14.0 Å². The molecule has 2 aromatic heterocycles. The first-order valence-corrected chi connectivity index (χ1v) is 10.6. The fourth-order valence-corrected chi connectivity index (χ4v) is 4.06. The fourth-order valence-electron chi connectivity index (χ4n) is 4.06. The third-order valence-electron chi connectivity index (χ3n) is 5.90. The van der Waals surface area contributed by atoms with Crippen LogP contribution in [0.15, 0.2) is 47.2 Å². The van der Waals surface area contributed by atoms with Gasteiger partial charge in [-0.05, 0) is 20.3 Å². The summed E-state index contributed by atoms with van der Waals surface area (Å²) in [7, 11) is 0. The van der Waals surface area contributed by atoms with Crippen LogP contribution in [0.25, 0.3) is 11.4 Å². The number of amides is 1.